The highest BCUT2D eigenvalue weighted by Gasteiger charge is 1.84. The molecule has 0 unspecified atom stereocenters. The molecular formula is C14H29N3O3. The summed E-state index contributed by atoms with van der Waals surface area (Å²) in [5.74, 6) is 0. The molecule has 1 aromatic rings. The molecule has 0 radical (unpaired) electrons. The summed E-state index contributed by atoms with van der Waals surface area (Å²) in [6.07, 6.45) is 0.987. The third kappa shape index (κ3) is 19.3. The van der Waals surface area contributed by atoms with Gasteiger partial charge in [-0.05, 0) is 18.5 Å². The lowest BCUT2D eigenvalue weighted by molar-refractivity contribution is 0.0976. The van der Waals surface area contributed by atoms with Crippen LogP contribution in [-0.2, 0) is 11.2 Å². The minimum absolute atomic E-state index is 0.0833. The van der Waals surface area contributed by atoms with Crippen molar-refractivity contribution in [3.63, 3.8) is 0 Å². The summed E-state index contributed by atoms with van der Waals surface area (Å²) in [7, 11) is 0. The molecule has 8 N–H and O–H groups in total. The standard InChI is InChI=1S/C8H11N.C4H11NO2.C2H7NO/c9-7-6-8-4-2-1-3-5-8;5-1-3-7-4-2-6;3-1-2-4/h1-5H,6-7,9H2;6H,1-5H2;4H,1-3H2. The van der Waals surface area contributed by atoms with E-state index in [0.717, 1.165) is 13.0 Å². The molecule has 20 heavy (non-hydrogen) atoms. The SMILES string of the molecule is NCCO.NCCOCCO.NCCc1ccccc1. The molecule has 0 spiro atoms. The van der Waals surface area contributed by atoms with Crippen LogP contribution in [0.2, 0.25) is 0 Å². The zero-order chi connectivity index (χ0) is 15.5. The average molecular weight is 287 g/mol. The monoisotopic (exact) mass is 287 g/mol. The molecule has 0 atom stereocenters. The predicted molar refractivity (Wildman–Crippen MR) is 82.3 cm³/mol. The fourth-order valence-corrected chi connectivity index (χ4v) is 1.06. The van der Waals surface area contributed by atoms with E-state index in [0.29, 0.717) is 26.3 Å². The van der Waals surface area contributed by atoms with Crippen molar-refractivity contribution in [2.75, 3.05) is 46.1 Å². The number of benzene rings is 1. The van der Waals surface area contributed by atoms with Crippen molar-refractivity contribution >= 4 is 0 Å². The average Bonchev–Trinajstić information content (AvgIpc) is 2.50. The maximum atomic E-state index is 8.13. The van der Waals surface area contributed by atoms with Crippen molar-refractivity contribution in [3.05, 3.63) is 35.9 Å². The van der Waals surface area contributed by atoms with E-state index in [9.17, 15) is 0 Å². The lowest BCUT2D eigenvalue weighted by atomic mass is 10.2. The Kier molecular flexibility index (Phi) is 21.6. The molecule has 1 rings (SSSR count). The smallest absolute Gasteiger partial charge is 0.0698 e. The van der Waals surface area contributed by atoms with Crippen LogP contribution in [0.5, 0.6) is 0 Å². The van der Waals surface area contributed by atoms with E-state index in [4.69, 9.17) is 32.2 Å². The number of ether oxygens (including phenoxy) is 1. The van der Waals surface area contributed by atoms with E-state index >= 15 is 0 Å². The van der Waals surface area contributed by atoms with Gasteiger partial charge in [-0.1, -0.05) is 30.3 Å². The van der Waals surface area contributed by atoms with Crippen LogP contribution in [0.15, 0.2) is 30.3 Å². The molecule has 0 bridgehead atoms. The fraction of sp³-hybridized carbons (Fsp3) is 0.571. The summed E-state index contributed by atoms with van der Waals surface area (Å²) in [5.41, 5.74) is 16.5. The molecule has 0 saturated heterocycles. The maximum Gasteiger partial charge on any atom is 0.0698 e. The highest BCUT2D eigenvalue weighted by molar-refractivity contribution is 5.14. The molecule has 0 fully saturated rings. The van der Waals surface area contributed by atoms with E-state index in [1.807, 2.05) is 18.2 Å². The van der Waals surface area contributed by atoms with E-state index in [1.54, 1.807) is 0 Å². The van der Waals surface area contributed by atoms with Gasteiger partial charge in [0.1, 0.15) is 0 Å². The Bertz CT molecular complexity index is 255. The molecule has 0 saturated carbocycles. The third-order valence-electron chi connectivity index (χ3n) is 1.90. The number of hydrogen-bond donors (Lipinski definition) is 5. The van der Waals surface area contributed by atoms with Crippen LogP contribution >= 0.6 is 0 Å². The minimum Gasteiger partial charge on any atom is -0.395 e. The van der Waals surface area contributed by atoms with Crippen molar-refractivity contribution in [1.82, 2.24) is 0 Å². The summed E-state index contributed by atoms with van der Waals surface area (Å²) in [6.45, 7) is 2.77. The summed E-state index contributed by atoms with van der Waals surface area (Å²) < 4.78 is 4.76. The van der Waals surface area contributed by atoms with Gasteiger partial charge in [0, 0.05) is 13.1 Å². The predicted octanol–water partition coefficient (Wildman–Crippen LogP) is -0.921. The molecule has 1 aromatic carbocycles. The molecule has 6 nitrogen and oxygen atoms in total. The van der Waals surface area contributed by atoms with Gasteiger partial charge in [-0.2, -0.15) is 0 Å². The van der Waals surface area contributed by atoms with Gasteiger partial charge in [0.25, 0.3) is 0 Å². The van der Waals surface area contributed by atoms with Crippen molar-refractivity contribution < 1.29 is 14.9 Å². The summed E-state index contributed by atoms with van der Waals surface area (Å²) in [6, 6.07) is 10.3. The highest BCUT2D eigenvalue weighted by atomic mass is 16.5. The van der Waals surface area contributed by atoms with Gasteiger partial charge in [0.05, 0.1) is 26.4 Å². The Balaban J connectivity index is 0. The molecule has 118 valence electrons. The molecule has 0 aliphatic rings. The van der Waals surface area contributed by atoms with Gasteiger partial charge < -0.3 is 32.2 Å². The Morgan fingerprint density at radius 3 is 1.80 bits per heavy atom. The Morgan fingerprint density at radius 1 is 0.800 bits per heavy atom. The van der Waals surface area contributed by atoms with Gasteiger partial charge in [-0.25, -0.2) is 0 Å². The zero-order valence-electron chi connectivity index (χ0n) is 12.1. The highest BCUT2D eigenvalue weighted by Crippen LogP contribution is 1.96. The number of aliphatic hydroxyl groups is 2. The van der Waals surface area contributed by atoms with Crippen LogP contribution in [0.4, 0.5) is 0 Å². The fourth-order valence-electron chi connectivity index (χ4n) is 1.06. The van der Waals surface area contributed by atoms with Crippen LogP contribution in [0.3, 0.4) is 0 Å². The normalized spacial score (nSPS) is 9.05. The molecule has 0 aromatic heterocycles. The number of rotatable bonds is 7. The number of nitrogens with two attached hydrogens (primary N) is 3. The maximum absolute atomic E-state index is 8.13. The molecule has 0 amide bonds. The van der Waals surface area contributed by atoms with Crippen LogP contribution in [0.1, 0.15) is 5.56 Å². The molecular weight excluding hydrogens is 258 g/mol. The lowest BCUT2D eigenvalue weighted by Gasteiger charge is -1.95. The van der Waals surface area contributed by atoms with E-state index in [-0.39, 0.29) is 13.2 Å². The van der Waals surface area contributed by atoms with Crippen LogP contribution in [-0.4, -0.2) is 56.3 Å². The van der Waals surface area contributed by atoms with Crippen LogP contribution < -0.4 is 17.2 Å². The first-order chi connectivity index (χ1) is 9.76. The number of aliphatic hydroxyl groups excluding tert-OH is 2. The first kappa shape index (κ1) is 21.3. The van der Waals surface area contributed by atoms with E-state index in [1.165, 1.54) is 5.56 Å². The van der Waals surface area contributed by atoms with Crippen LogP contribution in [0.25, 0.3) is 0 Å². The molecule has 6 heteroatoms. The van der Waals surface area contributed by atoms with Crippen molar-refractivity contribution in [3.8, 4) is 0 Å². The van der Waals surface area contributed by atoms with E-state index < -0.39 is 0 Å². The van der Waals surface area contributed by atoms with Crippen molar-refractivity contribution in [2.45, 2.75) is 6.42 Å². The van der Waals surface area contributed by atoms with Crippen LogP contribution in [0, 0.1) is 0 Å². The van der Waals surface area contributed by atoms with Gasteiger partial charge in [0.15, 0.2) is 0 Å². The zero-order valence-corrected chi connectivity index (χ0v) is 12.1. The lowest BCUT2D eigenvalue weighted by Crippen LogP contribution is -2.10. The largest absolute Gasteiger partial charge is 0.395 e. The van der Waals surface area contributed by atoms with Gasteiger partial charge in [-0.3, -0.25) is 0 Å². The summed E-state index contributed by atoms with van der Waals surface area (Å²) in [4.78, 5) is 0. The Labute approximate surface area is 121 Å². The third-order valence-corrected chi connectivity index (χ3v) is 1.90. The van der Waals surface area contributed by atoms with Gasteiger partial charge in [0.2, 0.25) is 0 Å². The van der Waals surface area contributed by atoms with Gasteiger partial charge >= 0.3 is 0 Å². The second kappa shape index (κ2) is 20.3. The quantitative estimate of drug-likeness (QED) is 0.413. The van der Waals surface area contributed by atoms with E-state index in [2.05, 4.69) is 12.1 Å². The summed E-state index contributed by atoms with van der Waals surface area (Å²) in [5, 5.41) is 15.9. The first-order valence-corrected chi connectivity index (χ1v) is 6.70. The van der Waals surface area contributed by atoms with Gasteiger partial charge in [-0.15, -0.1) is 0 Å². The topological polar surface area (TPSA) is 128 Å². The second-order valence-corrected chi connectivity index (χ2v) is 3.66. The summed E-state index contributed by atoms with van der Waals surface area (Å²) >= 11 is 0. The minimum atomic E-state index is 0.0833. The number of hydrogen-bond acceptors (Lipinski definition) is 6. The molecule has 0 heterocycles. The molecule has 0 aliphatic heterocycles. The molecule has 0 aliphatic carbocycles. The Morgan fingerprint density at radius 2 is 1.40 bits per heavy atom. The second-order valence-electron chi connectivity index (χ2n) is 3.66. The van der Waals surface area contributed by atoms with Crippen molar-refractivity contribution in [2.24, 2.45) is 17.2 Å². The van der Waals surface area contributed by atoms with Crippen molar-refractivity contribution in [1.29, 1.82) is 0 Å². The Hall–Kier alpha value is -1.02. The first-order valence-electron chi connectivity index (χ1n) is 6.70.